The van der Waals surface area contributed by atoms with Gasteiger partial charge in [0.1, 0.15) is 17.0 Å². The van der Waals surface area contributed by atoms with E-state index in [1.807, 2.05) is 0 Å². The Morgan fingerprint density at radius 3 is 2.76 bits per heavy atom. The minimum atomic E-state index is -1.09. The van der Waals surface area contributed by atoms with Crippen molar-refractivity contribution in [1.29, 1.82) is 0 Å². The summed E-state index contributed by atoms with van der Waals surface area (Å²) in [7, 11) is 2.80. The highest BCUT2D eigenvalue weighted by molar-refractivity contribution is 6.05. The second kappa shape index (κ2) is 9.10. The Bertz CT molecular complexity index is 1260. The molecule has 3 N–H and O–H groups in total. The maximum atomic E-state index is 14.3. The lowest BCUT2D eigenvalue weighted by molar-refractivity contribution is -0.133. The van der Waals surface area contributed by atoms with Crippen LogP contribution in [0.1, 0.15) is 24.3 Å². The van der Waals surface area contributed by atoms with Gasteiger partial charge < -0.3 is 25.4 Å². The number of rotatable bonds is 7. The Balaban J connectivity index is 1.86. The van der Waals surface area contributed by atoms with Gasteiger partial charge in [-0.1, -0.05) is 6.07 Å². The van der Waals surface area contributed by atoms with Crippen molar-refractivity contribution in [2.24, 2.45) is 0 Å². The number of ether oxygens (including phenoxy) is 2. The van der Waals surface area contributed by atoms with Gasteiger partial charge in [-0.15, -0.1) is 0 Å². The summed E-state index contributed by atoms with van der Waals surface area (Å²) in [5.74, 6) is -1.27. The number of pyridine rings is 1. The topological polar surface area (TPSA) is 119 Å². The molecule has 0 fully saturated rings. The van der Waals surface area contributed by atoms with E-state index >= 15 is 0 Å². The average molecular weight is 468 g/mol. The van der Waals surface area contributed by atoms with Crippen molar-refractivity contribution in [1.82, 2.24) is 20.1 Å². The third-order valence-corrected chi connectivity index (χ3v) is 5.59. The fourth-order valence-corrected chi connectivity index (χ4v) is 3.54. The highest BCUT2D eigenvalue weighted by atomic mass is 19.1. The predicted molar refractivity (Wildman–Crippen MR) is 124 cm³/mol. The van der Waals surface area contributed by atoms with Gasteiger partial charge in [0.15, 0.2) is 11.6 Å². The number of nitrogens with zero attached hydrogens (tertiary/aromatic N) is 3. The fourth-order valence-electron chi connectivity index (χ4n) is 3.54. The average Bonchev–Trinajstić information content (AvgIpc) is 3.19. The van der Waals surface area contributed by atoms with Crippen LogP contribution in [0.5, 0.6) is 5.75 Å². The largest absolute Gasteiger partial charge is 0.492 e. The number of methoxy groups -OCH3 is 2. The lowest BCUT2D eigenvalue weighted by atomic mass is 10.1. The van der Waals surface area contributed by atoms with Gasteiger partial charge in [-0.2, -0.15) is 5.10 Å². The molecule has 2 amide bonds. The number of anilines is 3. The zero-order valence-electron chi connectivity index (χ0n) is 19.2. The standard InChI is InChI=1S/C23H25FN6O4/c1-23(2,34-4)22(32)28-16-12-25-9-8-13(16)17-18(19-21(31)26-10-11-30(19)29-17)27-15-7-5-6-14(24)20(15)33-3/h5-9,12,27H,10-11H2,1-4H3,(H,26,31)(H,28,32). The summed E-state index contributed by atoms with van der Waals surface area (Å²) >= 11 is 0. The van der Waals surface area contributed by atoms with Gasteiger partial charge in [-0.05, 0) is 32.0 Å². The smallest absolute Gasteiger partial charge is 0.271 e. The van der Waals surface area contributed by atoms with Crippen molar-refractivity contribution < 1.29 is 23.5 Å². The SMILES string of the molecule is COc1c(F)cccc1Nc1c(-c2ccncc2NC(=O)C(C)(C)OC)nn2c1C(=O)NCC2. The number of halogens is 1. The van der Waals surface area contributed by atoms with Crippen molar-refractivity contribution in [2.75, 3.05) is 31.4 Å². The summed E-state index contributed by atoms with van der Waals surface area (Å²) < 4.78 is 26.4. The molecule has 34 heavy (non-hydrogen) atoms. The van der Waals surface area contributed by atoms with Crippen LogP contribution in [0, 0.1) is 5.82 Å². The van der Waals surface area contributed by atoms with Crippen LogP contribution in [0.3, 0.4) is 0 Å². The molecule has 0 bridgehead atoms. The van der Waals surface area contributed by atoms with Crippen molar-refractivity contribution >= 4 is 28.9 Å². The first-order chi connectivity index (χ1) is 16.3. The van der Waals surface area contributed by atoms with Crippen LogP contribution in [-0.4, -0.2) is 52.9 Å². The van der Waals surface area contributed by atoms with Gasteiger partial charge in [-0.25, -0.2) is 4.39 Å². The van der Waals surface area contributed by atoms with E-state index in [0.717, 1.165) is 0 Å². The van der Waals surface area contributed by atoms with Crippen molar-refractivity contribution in [2.45, 2.75) is 26.0 Å². The monoisotopic (exact) mass is 468 g/mol. The predicted octanol–water partition coefficient (Wildman–Crippen LogP) is 2.94. The molecule has 0 saturated carbocycles. The lowest BCUT2D eigenvalue weighted by Crippen LogP contribution is -2.38. The zero-order chi connectivity index (χ0) is 24.5. The molecule has 0 aliphatic carbocycles. The van der Waals surface area contributed by atoms with Crippen LogP contribution in [0.15, 0.2) is 36.7 Å². The van der Waals surface area contributed by atoms with Crippen molar-refractivity contribution in [3.63, 3.8) is 0 Å². The number of hydrogen-bond acceptors (Lipinski definition) is 7. The van der Waals surface area contributed by atoms with Crippen LogP contribution in [0.4, 0.5) is 21.5 Å². The summed E-state index contributed by atoms with van der Waals surface area (Å²) in [4.78, 5) is 29.7. The number of fused-ring (bicyclic) bond motifs is 1. The van der Waals surface area contributed by atoms with E-state index < -0.39 is 11.4 Å². The normalized spacial score (nSPS) is 13.1. The molecule has 178 valence electrons. The Labute approximate surface area is 195 Å². The lowest BCUT2D eigenvalue weighted by Gasteiger charge is -2.22. The highest BCUT2D eigenvalue weighted by Gasteiger charge is 2.31. The summed E-state index contributed by atoms with van der Waals surface area (Å²) in [5, 5.41) is 13.4. The molecule has 4 rings (SSSR count). The number of carbonyl (C=O) groups is 2. The van der Waals surface area contributed by atoms with Crippen molar-refractivity contribution in [3.05, 3.63) is 48.2 Å². The Kier molecular flexibility index (Phi) is 6.20. The first kappa shape index (κ1) is 23.2. The van der Waals surface area contributed by atoms with Crippen LogP contribution in [-0.2, 0) is 16.1 Å². The molecule has 1 aliphatic heterocycles. The van der Waals surface area contributed by atoms with Crippen LogP contribution in [0.2, 0.25) is 0 Å². The van der Waals surface area contributed by atoms with Gasteiger partial charge in [0.2, 0.25) is 0 Å². The molecular weight excluding hydrogens is 443 g/mol. The summed E-state index contributed by atoms with van der Waals surface area (Å²) in [6, 6.07) is 6.11. The highest BCUT2D eigenvalue weighted by Crippen LogP contribution is 2.39. The summed E-state index contributed by atoms with van der Waals surface area (Å²) in [6.45, 7) is 4.14. The van der Waals surface area contributed by atoms with Crippen LogP contribution < -0.4 is 20.7 Å². The van der Waals surface area contributed by atoms with E-state index in [9.17, 15) is 14.0 Å². The van der Waals surface area contributed by atoms with Crippen LogP contribution in [0.25, 0.3) is 11.3 Å². The van der Waals surface area contributed by atoms with Gasteiger partial charge in [-0.3, -0.25) is 19.3 Å². The molecule has 0 radical (unpaired) electrons. The number of carbonyl (C=O) groups excluding carboxylic acids is 2. The number of hydrogen-bond donors (Lipinski definition) is 3. The Morgan fingerprint density at radius 1 is 1.24 bits per heavy atom. The van der Waals surface area contributed by atoms with Gasteiger partial charge in [0, 0.05) is 25.4 Å². The number of aromatic nitrogens is 3. The fraction of sp³-hybridized carbons (Fsp3) is 0.304. The molecule has 3 aromatic rings. The molecule has 2 aromatic heterocycles. The molecule has 0 saturated heterocycles. The minimum Gasteiger partial charge on any atom is -0.492 e. The first-order valence-corrected chi connectivity index (χ1v) is 10.6. The van der Waals surface area contributed by atoms with E-state index in [-0.39, 0.29) is 23.3 Å². The minimum absolute atomic E-state index is 0.00489. The zero-order valence-corrected chi connectivity index (χ0v) is 19.2. The van der Waals surface area contributed by atoms with Crippen LogP contribution >= 0.6 is 0 Å². The first-order valence-electron chi connectivity index (χ1n) is 10.6. The third-order valence-electron chi connectivity index (χ3n) is 5.59. The van der Waals surface area contributed by atoms with E-state index in [1.54, 1.807) is 36.9 Å². The summed E-state index contributed by atoms with van der Waals surface area (Å²) in [5.41, 5.74) is 1.12. The molecule has 11 heteroatoms. The quantitative estimate of drug-likeness (QED) is 0.488. The molecule has 0 unspecified atom stereocenters. The third kappa shape index (κ3) is 4.17. The molecule has 3 heterocycles. The van der Waals surface area contributed by atoms with Gasteiger partial charge in [0.05, 0.1) is 36.9 Å². The van der Waals surface area contributed by atoms with Gasteiger partial charge >= 0.3 is 0 Å². The summed E-state index contributed by atoms with van der Waals surface area (Å²) in [6.07, 6.45) is 3.04. The van der Waals surface area contributed by atoms with Crippen molar-refractivity contribution in [3.8, 4) is 17.0 Å². The van der Waals surface area contributed by atoms with E-state index in [2.05, 4.69) is 26.0 Å². The number of benzene rings is 1. The number of amides is 2. The van der Waals surface area contributed by atoms with E-state index in [4.69, 9.17) is 9.47 Å². The number of nitrogens with one attached hydrogen (secondary N) is 3. The molecule has 1 aliphatic rings. The maximum Gasteiger partial charge on any atom is 0.271 e. The Hall–Kier alpha value is -3.99. The maximum absolute atomic E-state index is 14.3. The number of para-hydroxylation sites is 1. The molecule has 10 nitrogen and oxygen atoms in total. The molecular formula is C23H25FN6O4. The van der Waals surface area contributed by atoms with E-state index in [0.29, 0.717) is 41.4 Å². The second-order valence-electron chi connectivity index (χ2n) is 8.09. The molecule has 0 spiro atoms. The Morgan fingerprint density at radius 2 is 2.03 bits per heavy atom. The van der Waals surface area contributed by atoms with E-state index in [1.165, 1.54) is 32.5 Å². The van der Waals surface area contributed by atoms with Gasteiger partial charge in [0.25, 0.3) is 11.8 Å². The molecule has 1 aromatic carbocycles. The molecule has 0 atom stereocenters. The second-order valence-corrected chi connectivity index (χ2v) is 8.09.